The van der Waals surface area contributed by atoms with E-state index in [0.29, 0.717) is 55.3 Å². The Morgan fingerprint density at radius 3 is 2.23 bits per heavy atom. The molecule has 3 aliphatic heterocycles. The van der Waals surface area contributed by atoms with Crippen molar-refractivity contribution in [1.82, 2.24) is 14.1 Å². The van der Waals surface area contributed by atoms with Crippen molar-refractivity contribution in [3.8, 4) is 5.75 Å². The molecule has 8 nitrogen and oxygen atoms in total. The first kappa shape index (κ1) is 28.2. The van der Waals surface area contributed by atoms with E-state index in [0.717, 1.165) is 62.5 Å². The number of benzene rings is 2. The average Bonchev–Trinajstić information content (AvgIpc) is 3.25. The normalized spacial score (nSPS) is 23.1. The van der Waals surface area contributed by atoms with Crippen molar-refractivity contribution < 1.29 is 22.7 Å². The Kier molecular flexibility index (Phi) is 8.40. The van der Waals surface area contributed by atoms with Crippen LogP contribution >= 0.6 is 0 Å². The minimum absolute atomic E-state index is 0.250. The number of carbonyl (C=O) groups excluding carboxylic acids is 1. The highest BCUT2D eigenvalue weighted by molar-refractivity contribution is 7.89. The lowest BCUT2D eigenvalue weighted by molar-refractivity contribution is 0.0142. The summed E-state index contributed by atoms with van der Waals surface area (Å²) in [6.07, 6.45) is 5.11. The summed E-state index contributed by atoms with van der Waals surface area (Å²) in [4.78, 5) is 16.7. The molecule has 0 N–H and O–H groups in total. The van der Waals surface area contributed by atoms with Gasteiger partial charge in [-0.1, -0.05) is 24.3 Å². The molecule has 2 aromatic carbocycles. The first-order valence-corrected chi connectivity index (χ1v) is 15.9. The van der Waals surface area contributed by atoms with Gasteiger partial charge < -0.3 is 14.4 Å². The Bertz CT molecular complexity index is 1250. The summed E-state index contributed by atoms with van der Waals surface area (Å²) in [6.45, 7) is 11.2. The van der Waals surface area contributed by atoms with E-state index in [1.807, 2.05) is 45.0 Å². The lowest BCUT2D eigenvalue weighted by Gasteiger charge is -2.35. The molecule has 1 aliphatic carbocycles. The highest BCUT2D eigenvalue weighted by Gasteiger charge is 2.36. The second-order valence-corrected chi connectivity index (χ2v) is 14.3. The zero-order chi connectivity index (χ0) is 27.6. The fourth-order valence-electron chi connectivity index (χ4n) is 6.06. The first-order chi connectivity index (χ1) is 18.6. The summed E-state index contributed by atoms with van der Waals surface area (Å²) >= 11 is 0. The number of fused-ring (bicyclic) bond motifs is 5. The van der Waals surface area contributed by atoms with E-state index < -0.39 is 15.6 Å². The summed E-state index contributed by atoms with van der Waals surface area (Å²) < 4.78 is 41.0. The molecule has 4 fully saturated rings. The van der Waals surface area contributed by atoms with E-state index in [1.54, 1.807) is 21.3 Å². The number of rotatable bonds is 7. The van der Waals surface area contributed by atoms with Crippen molar-refractivity contribution in [3.05, 3.63) is 36.4 Å². The maximum absolute atomic E-state index is 13.8. The summed E-state index contributed by atoms with van der Waals surface area (Å²) in [5, 5.41) is 1.81. The zero-order valence-electron chi connectivity index (χ0n) is 23.6. The monoisotopic (exact) mass is 557 g/mol. The minimum Gasteiger partial charge on any atom is -0.493 e. The van der Waals surface area contributed by atoms with Gasteiger partial charge in [0, 0.05) is 57.3 Å². The number of hydrogen-bond acceptors (Lipinski definition) is 6. The van der Waals surface area contributed by atoms with Gasteiger partial charge in [-0.05, 0) is 76.2 Å². The molecule has 214 valence electrons. The van der Waals surface area contributed by atoms with E-state index in [-0.39, 0.29) is 6.09 Å². The maximum atomic E-state index is 13.8. The van der Waals surface area contributed by atoms with Crippen LogP contribution in [0.25, 0.3) is 10.8 Å². The van der Waals surface area contributed by atoms with Crippen LogP contribution in [0.15, 0.2) is 41.3 Å². The maximum Gasteiger partial charge on any atom is 0.410 e. The predicted molar refractivity (Wildman–Crippen MR) is 153 cm³/mol. The van der Waals surface area contributed by atoms with Gasteiger partial charge in [-0.15, -0.1) is 0 Å². The fourth-order valence-corrected chi connectivity index (χ4v) is 7.70. The molecule has 0 spiro atoms. The summed E-state index contributed by atoms with van der Waals surface area (Å²) in [7, 11) is -3.59. The predicted octanol–water partition coefficient (Wildman–Crippen LogP) is 4.97. The van der Waals surface area contributed by atoms with E-state index in [1.165, 1.54) is 0 Å². The van der Waals surface area contributed by atoms with E-state index in [4.69, 9.17) is 9.47 Å². The van der Waals surface area contributed by atoms with Crippen molar-refractivity contribution in [1.29, 1.82) is 0 Å². The van der Waals surface area contributed by atoms with Gasteiger partial charge >= 0.3 is 6.09 Å². The smallest absolute Gasteiger partial charge is 0.410 e. The van der Waals surface area contributed by atoms with E-state index in [9.17, 15) is 13.2 Å². The van der Waals surface area contributed by atoms with Gasteiger partial charge in [-0.25, -0.2) is 13.2 Å². The molecule has 3 saturated heterocycles. The number of piperazine rings is 1. The number of sulfonamides is 1. The molecule has 0 atom stereocenters. The third-order valence-electron chi connectivity index (χ3n) is 8.23. The van der Waals surface area contributed by atoms with Crippen molar-refractivity contribution >= 4 is 26.9 Å². The molecule has 2 aromatic rings. The molecule has 39 heavy (non-hydrogen) atoms. The van der Waals surface area contributed by atoms with Gasteiger partial charge in [-0.3, -0.25) is 4.90 Å². The zero-order valence-corrected chi connectivity index (χ0v) is 24.4. The number of carbonyl (C=O) groups is 1. The standard InChI is InChI=1S/C30H43N3O5S/c1-30(2,3)38-29(34)32-16-14-31(15-17-32)13-6-18-37-28-20-26(19-25-7-4-5-8-27(25)28)39(35,36)33-21-23-9-10-24(22-33)12-11-23/h4-5,7-8,19-20,23-24H,6,9-18,21-22H2,1-3H3. The largest absolute Gasteiger partial charge is 0.493 e. The van der Waals surface area contributed by atoms with Crippen molar-refractivity contribution in [3.63, 3.8) is 0 Å². The Balaban J connectivity index is 1.20. The number of ether oxygens (including phenoxy) is 2. The number of hydrogen-bond donors (Lipinski definition) is 0. The van der Waals surface area contributed by atoms with E-state index in [2.05, 4.69) is 4.90 Å². The van der Waals surface area contributed by atoms with Gasteiger partial charge in [0.1, 0.15) is 11.4 Å². The molecule has 9 heteroatoms. The highest BCUT2D eigenvalue weighted by Crippen LogP contribution is 2.37. The van der Waals surface area contributed by atoms with Crippen LogP contribution in [0.4, 0.5) is 4.79 Å². The molecule has 6 rings (SSSR count). The van der Waals surface area contributed by atoms with Crippen LogP contribution in [-0.4, -0.2) is 86.6 Å². The number of nitrogens with zero attached hydrogens (tertiary/aromatic N) is 3. The summed E-state index contributed by atoms with van der Waals surface area (Å²) in [5.74, 6) is 1.57. The minimum atomic E-state index is -3.59. The van der Waals surface area contributed by atoms with Crippen molar-refractivity contribution in [2.24, 2.45) is 11.8 Å². The first-order valence-electron chi connectivity index (χ1n) is 14.4. The topological polar surface area (TPSA) is 79.4 Å². The fraction of sp³-hybridized carbons (Fsp3) is 0.633. The molecule has 0 unspecified atom stereocenters. The quantitative estimate of drug-likeness (QED) is 0.447. The highest BCUT2D eigenvalue weighted by atomic mass is 32.2. The second-order valence-electron chi connectivity index (χ2n) is 12.4. The van der Waals surface area contributed by atoms with Gasteiger partial charge in [0.15, 0.2) is 0 Å². The molecule has 0 radical (unpaired) electrons. The van der Waals surface area contributed by atoms with Crippen LogP contribution in [0.1, 0.15) is 52.9 Å². The van der Waals surface area contributed by atoms with Crippen LogP contribution in [0.5, 0.6) is 5.75 Å². The Morgan fingerprint density at radius 2 is 1.59 bits per heavy atom. The molecular formula is C30H43N3O5S. The lowest BCUT2D eigenvalue weighted by Crippen LogP contribution is -2.50. The molecule has 4 aliphatic rings. The summed E-state index contributed by atoms with van der Waals surface area (Å²) in [6, 6.07) is 11.4. The molecule has 2 bridgehead atoms. The van der Waals surface area contributed by atoms with Crippen LogP contribution in [-0.2, 0) is 14.8 Å². The van der Waals surface area contributed by atoms with Crippen molar-refractivity contribution in [2.75, 3.05) is 52.4 Å². The second kappa shape index (κ2) is 11.6. The Labute approximate surface area is 233 Å². The van der Waals surface area contributed by atoms with Gasteiger partial charge in [0.05, 0.1) is 11.5 Å². The van der Waals surface area contributed by atoms with Crippen LogP contribution < -0.4 is 4.74 Å². The SMILES string of the molecule is CC(C)(C)OC(=O)N1CCN(CCCOc2cc(S(=O)(=O)N3CC4CCC(CC4)C3)cc3ccccc23)CC1. The van der Waals surface area contributed by atoms with Gasteiger partial charge in [0.25, 0.3) is 0 Å². The van der Waals surface area contributed by atoms with E-state index >= 15 is 0 Å². The van der Waals surface area contributed by atoms with Gasteiger partial charge in [-0.2, -0.15) is 4.31 Å². The summed E-state index contributed by atoms with van der Waals surface area (Å²) in [5.41, 5.74) is -0.487. The van der Waals surface area contributed by atoms with Crippen LogP contribution in [0.3, 0.4) is 0 Å². The Morgan fingerprint density at radius 1 is 0.949 bits per heavy atom. The van der Waals surface area contributed by atoms with Crippen LogP contribution in [0, 0.1) is 11.8 Å². The third kappa shape index (κ3) is 6.87. The molecule has 3 heterocycles. The molecular weight excluding hydrogens is 514 g/mol. The molecule has 0 aromatic heterocycles. The average molecular weight is 558 g/mol. The lowest BCUT2D eigenvalue weighted by atomic mass is 9.84. The van der Waals surface area contributed by atoms with Gasteiger partial charge in [0.2, 0.25) is 10.0 Å². The van der Waals surface area contributed by atoms with Crippen LogP contribution in [0.2, 0.25) is 0 Å². The Hall–Kier alpha value is -2.36. The molecule has 1 saturated carbocycles. The number of amides is 1. The third-order valence-corrected chi connectivity index (χ3v) is 10.0. The van der Waals surface area contributed by atoms with Crippen molar-refractivity contribution in [2.45, 2.75) is 63.4 Å². The molecule has 1 amide bonds.